The molecule has 1 fully saturated rings. The van der Waals surface area contributed by atoms with Crippen LogP contribution in [0.3, 0.4) is 0 Å². The first kappa shape index (κ1) is 17.3. The highest BCUT2D eigenvalue weighted by Gasteiger charge is 2.31. The van der Waals surface area contributed by atoms with E-state index in [4.69, 9.17) is 9.84 Å². The van der Waals surface area contributed by atoms with Crippen LogP contribution in [0.15, 0.2) is 59.9 Å². The molecule has 0 atom stereocenters. The quantitative estimate of drug-likeness (QED) is 0.834. The second-order valence-electron chi connectivity index (χ2n) is 6.70. The van der Waals surface area contributed by atoms with Crippen LogP contribution in [0.25, 0.3) is 11.1 Å². The normalized spacial score (nSPS) is 17.4. The highest BCUT2D eigenvalue weighted by atomic mass is 19.1. The number of amides is 1. The van der Waals surface area contributed by atoms with Crippen LogP contribution in [0.5, 0.6) is 0 Å². The topological polar surface area (TPSA) is 66.8 Å². The zero-order chi connectivity index (χ0) is 19.0. The van der Waals surface area contributed by atoms with Gasteiger partial charge in [-0.3, -0.25) is 0 Å². The number of carboxylic acid groups (broad SMARTS) is 1. The van der Waals surface area contributed by atoms with Crippen LogP contribution in [0.4, 0.5) is 9.18 Å². The molecular weight excluding hydrogens is 349 g/mol. The number of fused-ring (bicyclic) bond motifs is 3. The number of likely N-dealkylation sites (tertiary alicyclic amines) is 1. The fourth-order valence-electron chi connectivity index (χ4n) is 3.83. The number of halogens is 1. The second-order valence-corrected chi connectivity index (χ2v) is 6.70. The van der Waals surface area contributed by atoms with E-state index in [0.29, 0.717) is 0 Å². The summed E-state index contributed by atoms with van der Waals surface area (Å²) in [6.07, 6.45) is -0.340. The maximum atomic E-state index is 13.5. The molecule has 2 aromatic rings. The van der Waals surface area contributed by atoms with E-state index >= 15 is 0 Å². The Balaban J connectivity index is 1.48. The van der Waals surface area contributed by atoms with Gasteiger partial charge in [-0.25, -0.2) is 9.59 Å². The molecule has 1 aliphatic carbocycles. The molecule has 1 saturated heterocycles. The van der Waals surface area contributed by atoms with Gasteiger partial charge < -0.3 is 14.7 Å². The number of hydrogen-bond donors (Lipinski definition) is 1. The summed E-state index contributed by atoms with van der Waals surface area (Å²) in [5.41, 5.74) is 4.64. The van der Waals surface area contributed by atoms with E-state index in [1.165, 1.54) is 4.90 Å². The van der Waals surface area contributed by atoms with E-state index in [1.54, 1.807) is 0 Å². The maximum absolute atomic E-state index is 13.5. The minimum absolute atomic E-state index is 0.0466. The molecule has 0 spiro atoms. The average molecular weight is 367 g/mol. The minimum atomic E-state index is -1.60. The van der Waals surface area contributed by atoms with Gasteiger partial charge in [0.25, 0.3) is 0 Å². The van der Waals surface area contributed by atoms with Gasteiger partial charge >= 0.3 is 12.1 Å². The maximum Gasteiger partial charge on any atom is 0.410 e. The van der Waals surface area contributed by atoms with Gasteiger partial charge in [0, 0.05) is 19.0 Å². The van der Waals surface area contributed by atoms with E-state index in [-0.39, 0.29) is 37.6 Å². The Bertz CT molecular complexity index is 907. The van der Waals surface area contributed by atoms with Gasteiger partial charge in [-0.2, -0.15) is 4.39 Å². The summed E-state index contributed by atoms with van der Waals surface area (Å²) >= 11 is 0. The Labute approximate surface area is 155 Å². The molecule has 2 aliphatic rings. The monoisotopic (exact) mass is 367 g/mol. The molecule has 138 valence electrons. The lowest BCUT2D eigenvalue weighted by Gasteiger charge is -2.18. The lowest BCUT2D eigenvalue weighted by molar-refractivity contribution is -0.134. The zero-order valence-electron chi connectivity index (χ0n) is 14.5. The Morgan fingerprint density at radius 3 is 2.26 bits per heavy atom. The van der Waals surface area contributed by atoms with Crippen molar-refractivity contribution in [1.82, 2.24) is 4.90 Å². The second kappa shape index (κ2) is 6.87. The molecule has 1 amide bonds. The van der Waals surface area contributed by atoms with E-state index in [9.17, 15) is 14.0 Å². The van der Waals surface area contributed by atoms with Gasteiger partial charge in [0.2, 0.25) is 5.83 Å². The number of ether oxygens (including phenoxy) is 1. The van der Waals surface area contributed by atoms with Crippen LogP contribution >= 0.6 is 0 Å². The number of nitrogens with zero attached hydrogens (tertiary/aromatic N) is 1. The van der Waals surface area contributed by atoms with Crippen LogP contribution in [0.2, 0.25) is 0 Å². The lowest BCUT2D eigenvalue weighted by Crippen LogP contribution is -2.30. The highest BCUT2D eigenvalue weighted by molar-refractivity contribution is 5.85. The summed E-state index contributed by atoms with van der Waals surface area (Å²) in [5, 5.41) is 8.73. The molecular formula is C21H18FNO4. The van der Waals surface area contributed by atoms with Gasteiger partial charge in [0.05, 0.1) is 0 Å². The SMILES string of the molecule is O=C(O)/C(F)=C1\CCN(C(=O)OCC2c3ccccc3-c3ccccc32)C1. The molecule has 0 radical (unpaired) electrons. The third kappa shape index (κ3) is 3.07. The summed E-state index contributed by atoms with van der Waals surface area (Å²) in [7, 11) is 0. The third-order valence-electron chi connectivity index (χ3n) is 5.16. The zero-order valence-corrected chi connectivity index (χ0v) is 14.5. The summed E-state index contributed by atoms with van der Waals surface area (Å²) in [6, 6.07) is 16.1. The van der Waals surface area contributed by atoms with Gasteiger partial charge in [-0.1, -0.05) is 48.5 Å². The smallest absolute Gasteiger partial charge is 0.410 e. The van der Waals surface area contributed by atoms with E-state index in [0.717, 1.165) is 22.3 Å². The number of rotatable bonds is 3. The first-order valence-corrected chi connectivity index (χ1v) is 8.77. The summed E-state index contributed by atoms with van der Waals surface area (Å²) in [6.45, 7) is 0.394. The van der Waals surface area contributed by atoms with Gasteiger partial charge in [0.1, 0.15) is 6.61 Å². The summed E-state index contributed by atoms with van der Waals surface area (Å²) in [5.74, 6) is -2.82. The van der Waals surface area contributed by atoms with Crippen molar-refractivity contribution in [3.63, 3.8) is 0 Å². The molecule has 6 heteroatoms. The van der Waals surface area contributed by atoms with Crippen LogP contribution in [0.1, 0.15) is 23.5 Å². The predicted octanol–water partition coefficient (Wildman–Crippen LogP) is 3.95. The van der Waals surface area contributed by atoms with Crippen molar-refractivity contribution >= 4 is 12.1 Å². The number of aliphatic carboxylic acids is 1. The summed E-state index contributed by atoms with van der Waals surface area (Å²) < 4.78 is 19.0. The van der Waals surface area contributed by atoms with Gasteiger partial charge in [-0.05, 0) is 34.2 Å². The van der Waals surface area contributed by atoms with Crippen molar-refractivity contribution < 1.29 is 23.8 Å². The van der Waals surface area contributed by atoms with Crippen molar-refractivity contribution in [3.8, 4) is 11.1 Å². The number of carbonyl (C=O) groups excluding carboxylic acids is 1. The Morgan fingerprint density at radius 2 is 1.67 bits per heavy atom. The standard InChI is InChI=1S/C21H18FNO4/c22-19(20(24)25)13-9-10-23(11-13)21(26)27-12-18-16-7-3-1-5-14(16)15-6-2-4-8-17(15)18/h1-8,18H,9-12H2,(H,24,25)/b19-13-. The fourth-order valence-corrected chi connectivity index (χ4v) is 3.83. The van der Waals surface area contributed by atoms with E-state index in [2.05, 4.69) is 12.1 Å². The largest absolute Gasteiger partial charge is 0.476 e. The molecule has 0 bridgehead atoms. The molecule has 0 unspecified atom stereocenters. The number of carbonyl (C=O) groups is 2. The molecule has 27 heavy (non-hydrogen) atoms. The van der Waals surface area contributed by atoms with Gasteiger partial charge in [0.15, 0.2) is 0 Å². The van der Waals surface area contributed by atoms with Crippen LogP contribution in [0, 0.1) is 0 Å². The molecule has 0 saturated carbocycles. The number of carboxylic acids is 1. The Hall–Kier alpha value is -3.15. The van der Waals surface area contributed by atoms with Crippen molar-refractivity contribution in [2.45, 2.75) is 12.3 Å². The van der Waals surface area contributed by atoms with Crippen LogP contribution in [-0.2, 0) is 9.53 Å². The average Bonchev–Trinajstić information content (AvgIpc) is 3.29. The number of benzene rings is 2. The summed E-state index contributed by atoms with van der Waals surface area (Å²) in [4.78, 5) is 24.4. The van der Waals surface area contributed by atoms with Crippen LogP contribution in [-0.4, -0.2) is 41.8 Å². The first-order chi connectivity index (χ1) is 13.1. The molecule has 0 aromatic heterocycles. The van der Waals surface area contributed by atoms with E-state index in [1.807, 2.05) is 36.4 Å². The van der Waals surface area contributed by atoms with E-state index < -0.39 is 17.9 Å². The molecule has 2 aromatic carbocycles. The number of hydrogen-bond acceptors (Lipinski definition) is 3. The Kier molecular flexibility index (Phi) is 4.39. The minimum Gasteiger partial charge on any atom is -0.476 e. The fraction of sp³-hybridized carbons (Fsp3) is 0.238. The van der Waals surface area contributed by atoms with Crippen molar-refractivity contribution in [1.29, 1.82) is 0 Å². The third-order valence-corrected chi connectivity index (χ3v) is 5.16. The molecule has 1 N–H and O–H groups in total. The first-order valence-electron chi connectivity index (χ1n) is 8.77. The van der Waals surface area contributed by atoms with Crippen LogP contribution < -0.4 is 0 Å². The molecule has 4 rings (SSSR count). The molecule has 1 aliphatic heterocycles. The molecule has 1 heterocycles. The highest BCUT2D eigenvalue weighted by Crippen LogP contribution is 2.44. The lowest BCUT2D eigenvalue weighted by atomic mass is 9.98. The van der Waals surface area contributed by atoms with Crippen molar-refractivity contribution in [2.75, 3.05) is 19.7 Å². The van der Waals surface area contributed by atoms with Crippen molar-refractivity contribution in [3.05, 3.63) is 71.1 Å². The Morgan fingerprint density at radius 1 is 1.07 bits per heavy atom. The molecule has 5 nitrogen and oxygen atoms in total. The predicted molar refractivity (Wildman–Crippen MR) is 97.0 cm³/mol. The van der Waals surface area contributed by atoms with Crippen molar-refractivity contribution in [2.24, 2.45) is 0 Å². The van der Waals surface area contributed by atoms with Gasteiger partial charge in [-0.15, -0.1) is 0 Å².